The summed E-state index contributed by atoms with van der Waals surface area (Å²) in [4.78, 5) is 14.5. The molecule has 0 aliphatic carbocycles. The molecular weight excluding hydrogens is 250 g/mol. The molecule has 108 valence electrons. The van der Waals surface area contributed by atoms with Crippen LogP contribution in [-0.4, -0.2) is 29.9 Å². The Morgan fingerprint density at radius 2 is 2.30 bits per heavy atom. The first-order valence-electron chi connectivity index (χ1n) is 7.09. The van der Waals surface area contributed by atoms with Gasteiger partial charge in [-0.05, 0) is 38.0 Å². The van der Waals surface area contributed by atoms with Crippen molar-refractivity contribution >= 4 is 11.6 Å². The Balaban J connectivity index is 1.97. The van der Waals surface area contributed by atoms with E-state index in [0.717, 1.165) is 30.8 Å². The van der Waals surface area contributed by atoms with Crippen molar-refractivity contribution in [3.05, 3.63) is 41.5 Å². The third kappa shape index (κ3) is 3.68. The number of carbonyl (C=O) groups is 1. The molecule has 1 aliphatic rings. The van der Waals surface area contributed by atoms with Crippen LogP contribution in [0.25, 0.3) is 0 Å². The summed E-state index contributed by atoms with van der Waals surface area (Å²) >= 11 is 0. The zero-order valence-electron chi connectivity index (χ0n) is 12.2. The number of benzene rings is 1. The van der Waals surface area contributed by atoms with Crippen molar-refractivity contribution in [2.75, 3.05) is 18.4 Å². The Morgan fingerprint density at radius 3 is 2.95 bits per heavy atom. The van der Waals surface area contributed by atoms with Gasteiger partial charge in [-0.25, -0.2) is 0 Å². The normalized spacial score (nSPS) is 17.4. The number of nitrogens with two attached hydrogens (primary N) is 1. The van der Waals surface area contributed by atoms with Gasteiger partial charge in [0.1, 0.15) is 0 Å². The molecule has 0 saturated carbocycles. The van der Waals surface area contributed by atoms with Gasteiger partial charge in [-0.3, -0.25) is 9.69 Å². The molecule has 0 spiro atoms. The third-order valence-corrected chi connectivity index (χ3v) is 3.82. The molecule has 1 aromatic rings. The first-order valence-corrected chi connectivity index (χ1v) is 7.09. The summed E-state index contributed by atoms with van der Waals surface area (Å²) in [6.07, 6.45) is 3.24. The summed E-state index contributed by atoms with van der Waals surface area (Å²) in [7, 11) is 0. The van der Waals surface area contributed by atoms with E-state index < -0.39 is 0 Å². The summed E-state index contributed by atoms with van der Waals surface area (Å²) in [5.41, 5.74) is 8.85. The van der Waals surface area contributed by atoms with Crippen LogP contribution in [0.2, 0.25) is 0 Å². The molecule has 1 heterocycles. The van der Waals surface area contributed by atoms with Crippen LogP contribution < -0.4 is 11.1 Å². The molecule has 20 heavy (non-hydrogen) atoms. The average molecular weight is 273 g/mol. The molecule has 4 heteroatoms. The summed E-state index contributed by atoms with van der Waals surface area (Å²) in [5, 5.41) is 2.97. The molecule has 1 aliphatic heterocycles. The lowest BCUT2D eigenvalue weighted by molar-refractivity contribution is -0.120. The predicted octanol–water partition coefficient (Wildman–Crippen LogP) is 2.12. The second kappa shape index (κ2) is 6.68. The van der Waals surface area contributed by atoms with Crippen LogP contribution in [0, 0.1) is 0 Å². The second-order valence-electron chi connectivity index (χ2n) is 5.37. The average Bonchev–Trinajstić information content (AvgIpc) is 2.47. The van der Waals surface area contributed by atoms with Gasteiger partial charge < -0.3 is 11.1 Å². The fourth-order valence-corrected chi connectivity index (χ4v) is 2.33. The van der Waals surface area contributed by atoms with Crippen molar-refractivity contribution in [1.82, 2.24) is 4.90 Å². The number of hydrogen-bond donors (Lipinski definition) is 2. The third-order valence-electron chi connectivity index (χ3n) is 3.82. The van der Waals surface area contributed by atoms with Crippen LogP contribution in [0.5, 0.6) is 0 Å². The Bertz CT molecular complexity index is 510. The summed E-state index contributed by atoms with van der Waals surface area (Å²) in [5.74, 6) is 0.0344. The zero-order chi connectivity index (χ0) is 14.5. The maximum Gasteiger partial charge on any atom is 0.241 e. The lowest BCUT2D eigenvalue weighted by atomic mass is 10.1. The van der Waals surface area contributed by atoms with Crippen molar-refractivity contribution in [3.8, 4) is 0 Å². The van der Waals surface area contributed by atoms with E-state index in [2.05, 4.69) is 23.2 Å². The predicted molar refractivity (Wildman–Crippen MR) is 82.4 cm³/mol. The van der Waals surface area contributed by atoms with E-state index in [1.807, 2.05) is 31.2 Å². The molecule has 0 bridgehead atoms. The van der Waals surface area contributed by atoms with E-state index in [1.165, 1.54) is 5.57 Å². The van der Waals surface area contributed by atoms with Crippen molar-refractivity contribution in [2.45, 2.75) is 32.9 Å². The molecule has 1 unspecified atom stereocenters. The Hall–Kier alpha value is -1.65. The standard InChI is InChI=1S/C16H23N3O/c1-12-6-8-19(9-7-12)13(2)16(20)18-15-5-3-4-14(10-15)11-17/h3-6,10,13H,7-9,11,17H2,1-2H3,(H,18,20). The van der Waals surface area contributed by atoms with Crippen LogP contribution in [-0.2, 0) is 11.3 Å². The molecule has 0 radical (unpaired) electrons. The molecule has 0 aromatic heterocycles. The minimum absolute atomic E-state index is 0.0344. The first-order chi connectivity index (χ1) is 9.60. The molecule has 3 N–H and O–H groups in total. The number of nitrogens with zero attached hydrogens (tertiary/aromatic N) is 1. The highest BCUT2D eigenvalue weighted by atomic mass is 16.2. The minimum atomic E-state index is -0.124. The lowest BCUT2D eigenvalue weighted by Crippen LogP contribution is -2.44. The van der Waals surface area contributed by atoms with Gasteiger partial charge >= 0.3 is 0 Å². The maximum absolute atomic E-state index is 12.3. The molecule has 4 nitrogen and oxygen atoms in total. The number of carbonyl (C=O) groups excluding carboxylic acids is 1. The highest BCUT2D eigenvalue weighted by Gasteiger charge is 2.22. The zero-order valence-corrected chi connectivity index (χ0v) is 12.2. The fraction of sp³-hybridized carbons (Fsp3) is 0.438. The van der Waals surface area contributed by atoms with E-state index in [-0.39, 0.29) is 11.9 Å². The summed E-state index contributed by atoms with van der Waals surface area (Å²) in [6, 6.07) is 7.56. The van der Waals surface area contributed by atoms with Crippen LogP contribution in [0.4, 0.5) is 5.69 Å². The highest BCUT2D eigenvalue weighted by molar-refractivity contribution is 5.94. The van der Waals surface area contributed by atoms with Gasteiger partial charge in [0.05, 0.1) is 6.04 Å². The van der Waals surface area contributed by atoms with E-state index in [4.69, 9.17) is 5.73 Å². The number of hydrogen-bond acceptors (Lipinski definition) is 3. The number of nitrogens with one attached hydrogen (secondary N) is 1. The number of rotatable bonds is 4. The molecule has 1 aromatic carbocycles. The number of amides is 1. The van der Waals surface area contributed by atoms with E-state index in [0.29, 0.717) is 6.54 Å². The van der Waals surface area contributed by atoms with Crippen molar-refractivity contribution in [1.29, 1.82) is 0 Å². The summed E-state index contributed by atoms with van der Waals surface area (Å²) in [6.45, 7) is 6.37. The van der Waals surface area contributed by atoms with Crippen LogP contribution in [0.3, 0.4) is 0 Å². The van der Waals surface area contributed by atoms with Crippen LogP contribution >= 0.6 is 0 Å². The first kappa shape index (κ1) is 14.8. The monoisotopic (exact) mass is 273 g/mol. The fourth-order valence-electron chi connectivity index (χ4n) is 2.33. The van der Waals surface area contributed by atoms with Gasteiger partial charge in [0.2, 0.25) is 5.91 Å². The van der Waals surface area contributed by atoms with Gasteiger partial charge in [0.25, 0.3) is 0 Å². The smallest absolute Gasteiger partial charge is 0.241 e. The van der Waals surface area contributed by atoms with Gasteiger partial charge in [0.15, 0.2) is 0 Å². The maximum atomic E-state index is 12.3. The lowest BCUT2D eigenvalue weighted by Gasteiger charge is -2.30. The van der Waals surface area contributed by atoms with Crippen LogP contribution in [0.1, 0.15) is 25.8 Å². The van der Waals surface area contributed by atoms with Crippen molar-refractivity contribution < 1.29 is 4.79 Å². The topological polar surface area (TPSA) is 58.4 Å². The minimum Gasteiger partial charge on any atom is -0.326 e. The number of anilines is 1. The van der Waals surface area contributed by atoms with Gasteiger partial charge in [-0.2, -0.15) is 0 Å². The van der Waals surface area contributed by atoms with E-state index in [1.54, 1.807) is 0 Å². The molecule has 0 saturated heterocycles. The van der Waals surface area contributed by atoms with Crippen LogP contribution in [0.15, 0.2) is 35.9 Å². The molecule has 1 atom stereocenters. The van der Waals surface area contributed by atoms with Crippen molar-refractivity contribution in [2.24, 2.45) is 5.73 Å². The second-order valence-corrected chi connectivity index (χ2v) is 5.37. The van der Waals surface area contributed by atoms with E-state index >= 15 is 0 Å². The molecule has 0 fully saturated rings. The van der Waals surface area contributed by atoms with Gasteiger partial charge in [0, 0.05) is 25.3 Å². The Kier molecular flexibility index (Phi) is 4.93. The van der Waals surface area contributed by atoms with E-state index in [9.17, 15) is 4.79 Å². The SMILES string of the molecule is CC1=CCN(C(C)C(=O)Nc2cccc(CN)c2)CC1. The molecular formula is C16H23N3O. The van der Waals surface area contributed by atoms with Gasteiger partial charge in [-0.1, -0.05) is 23.8 Å². The Labute approximate surface area is 120 Å². The Morgan fingerprint density at radius 1 is 1.50 bits per heavy atom. The quantitative estimate of drug-likeness (QED) is 0.826. The molecule has 1 amide bonds. The summed E-state index contributed by atoms with van der Waals surface area (Å²) < 4.78 is 0. The van der Waals surface area contributed by atoms with Crippen molar-refractivity contribution in [3.63, 3.8) is 0 Å². The van der Waals surface area contributed by atoms with Gasteiger partial charge in [-0.15, -0.1) is 0 Å². The molecule has 2 rings (SSSR count). The highest BCUT2D eigenvalue weighted by Crippen LogP contribution is 2.15. The largest absolute Gasteiger partial charge is 0.326 e.